The number of hydrogen-bond donors (Lipinski definition) is 2. The minimum absolute atomic E-state index is 0.113. The van der Waals surface area contributed by atoms with E-state index in [4.69, 9.17) is 33.0 Å². The van der Waals surface area contributed by atoms with Gasteiger partial charge in [-0.2, -0.15) is 0 Å². The number of nitrogens with one attached hydrogen (secondary N) is 2. The number of amides is 1. The molecule has 0 atom stereocenters. The van der Waals surface area contributed by atoms with Gasteiger partial charge in [-0.05, 0) is 42.1 Å². The van der Waals surface area contributed by atoms with Crippen molar-refractivity contribution in [2.45, 2.75) is 0 Å². The first kappa shape index (κ1) is 14.3. The number of rotatable bonds is 2. The summed E-state index contributed by atoms with van der Waals surface area (Å²) < 4.78 is 5.67. The highest BCUT2D eigenvalue weighted by Gasteiger charge is 2.22. The van der Waals surface area contributed by atoms with Gasteiger partial charge in [-0.3, -0.25) is 10.2 Å². The third kappa shape index (κ3) is 3.00. The Kier molecular flexibility index (Phi) is 3.80. The minimum Gasteiger partial charge on any atom is -0.457 e. The highest BCUT2D eigenvalue weighted by atomic mass is 35.5. The van der Waals surface area contributed by atoms with Crippen LogP contribution in [0.4, 0.5) is 0 Å². The van der Waals surface area contributed by atoms with E-state index in [0.29, 0.717) is 26.5 Å². The molecule has 4 nitrogen and oxygen atoms in total. The molecule has 0 radical (unpaired) electrons. The van der Waals surface area contributed by atoms with Crippen molar-refractivity contribution in [3.63, 3.8) is 0 Å². The second kappa shape index (κ2) is 5.60. The molecule has 1 aliphatic heterocycles. The summed E-state index contributed by atoms with van der Waals surface area (Å²) in [6, 6.07) is 8.75. The van der Waals surface area contributed by atoms with Gasteiger partial charge in [-0.1, -0.05) is 23.2 Å². The topological polar surface area (TPSA) is 66.1 Å². The van der Waals surface area contributed by atoms with Gasteiger partial charge < -0.3 is 9.73 Å². The zero-order valence-corrected chi connectivity index (χ0v) is 12.8. The fourth-order valence-electron chi connectivity index (χ4n) is 1.81. The third-order valence-corrected chi connectivity index (χ3v) is 4.34. The van der Waals surface area contributed by atoms with Crippen LogP contribution in [0.15, 0.2) is 39.7 Å². The lowest BCUT2D eigenvalue weighted by molar-refractivity contribution is -0.115. The summed E-state index contributed by atoms with van der Waals surface area (Å²) in [5.74, 6) is 0.861. The molecular formula is C14H8Cl2N2O2S. The van der Waals surface area contributed by atoms with Gasteiger partial charge in [0.1, 0.15) is 11.5 Å². The zero-order valence-electron chi connectivity index (χ0n) is 10.4. The van der Waals surface area contributed by atoms with Crippen LogP contribution in [0.25, 0.3) is 17.4 Å². The lowest BCUT2D eigenvalue weighted by atomic mass is 10.2. The van der Waals surface area contributed by atoms with Crippen LogP contribution in [0, 0.1) is 5.41 Å². The summed E-state index contributed by atoms with van der Waals surface area (Å²) in [6.45, 7) is 0. The number of amidine groups is 1. The second-order valence-electron chi connectivity index (χ2n) is 4.22. The van der Waals surface area contributed by atoms with Crippen LogP contribution in [0.3, 0.4) is 0 Å². The summed E-state index contributed by atoms with van der Waals surface area (Å²) in [7, 11) is 0. The van der Waals surface area contributed by atoms with E-state index in [9.17, 15) is 4.79 Å². The first-order chi connectivity index (χ1) is 10.0. The molecule has 3 rings (SSSR count). The zero-order chi connectivity index (χ0) is 15.0. The number of furan rings is 1. The SMILES string of the molecule is N=C1NC(=O)/C(=C\c2ccc(-c3ccc(Cl)c(Cl)c3)o2)S1. The highest BCUT2D eigenvalue weighted by molar-refractivity contribution is 8.18. The lowest BCUT2D eigenvalue weighted by Crippen LogP contribution is -2.18. The fraction of sp³-hybridized carbons (Fsp3) is 0. The normalized spacial score (nSPS) is 16.6. The summed E-state index contributed by atoms with van der Waals surface area (Å²) in [5.41, 5.74) is 0.797. The van der Waals surface area contributed by atoms with Crippen molar-refractivity contribution in [3.8, 4) is 11.3 Å². The second-order valence-corrected chi connectivity index (χ2v) is 6.09. The Morgan fingerprint density at radius 3 is 2.67 bits per heavy atom. The number of carbonyl (C=O) groups is 1. The number of carbonyl (C=O) groups excluding carboxylic acids is 1. The molecule has 106 valence electrons. The van der Waals surface area contributed by atoms with Crippen LogP contribution < -0.4 is 5.32 Å². The first-order valence-electron chi connectivity index (χ1n) is 5.87. The maximum atomic E-state index is 11.5. The van der Waals surface area contributed by atoms with Crippen LogP contribution >= 0.6 is 35.0 Å². The van der Waals surface area contributed by atoms with Crippen molar-refractivity contribution in [1.82, 2.24) is 5.32 Å². The van der Waals surface area contributed by atoms with Gasteiger partial charge in [0.25, 0.3) is 5.91 Å². The van der Waals surface area contributed by atoms with Gasteiger partial charge in [0, 0.05) is 11.6 Å². The summed E-state index contributed by atoms with van der Waals surface area (Å²) >= 11 is 12.9. The Labute approximate surface area is 134 Å². The summed E-state index contributed by atoms with van der Waals surface area (Å²) in [5, 5.41) is 10.8. The third-order valence-electron chi connectivity index (χ3n) is 2.77. The van der Waals surface area contributed by atoms with Crippen molar-refractivity contribution >= 4 is 52.1 Å². The van der Waals surface area contributed by atoms with Gasteiger partial charge in [-0.25, -0.2) is 0 Å². The fourth-order valence-corrected chi connectivity index (χ4v) is 2.79. The number of thioether (sulfide) groups is 1. The molecule has 1 amide bonds. The average molecular weight is 339 g/mol. The van der Waals surface area contributed by atoms with Crippen LogP contribution in [-0.4, -0.2) is 11.1 Å². The number of halogens is 2. The van der Waals surface area contributed by atoms with E-state index in [2.05, 4.69) is 5.32 Å². The van der Waals surface area contributed by atoms with Gasteiger partial charge >= 0.3 is 0 Å². The molecule has 0 saturated carbocycles. The maximum absolute atomic E-state index is 11.5. The Morgan fingerprint density at radius 1 is 1.19 bits per heavy atom. The molecule has 21 heavy (non-hydrogen) atoms. The molecule has 1 aliphatic rings. The number of benzene rings is 1. The van der Waals surface area contributed by atoms with Gasteiger partial charge in [0.05, 0.1) is 15.0 Å². The van der Waals surface area contributed by atoms with E-state index in [1.54, 1.807) is 36.4 Å². The molecule has 1 aromatic heterocycles. The smallest absolute Gasteiger partial charge is 0.264 e. The summed E-state index contributed by atoms with van der Waals surface area (Å²) in [4.78, 5) is 12.0. The molecule has 1 fully saturated rings. The highest BCUT2D eigenvalue weighted by Crippen LogP contribution is 2.31. The van der Waals surface area contributed by atoms with Crippen molar-refractivity contribution in [1.29, 1.82) is 5.41 Å². The van der Waals surface area contributed by atoms with E-state index in [1.165, 1.54) is 0 Å². The molecule has 0 spiro atoms. The molecule has 2 N–H and O–H groups in total. The minimum atomic E-state index is -0.294. The molecule has 2 heterocycles. The van der Waals surface area contributed by atoms with E-state index < -0.39 is 0 Å². The first-order valence-corrected chi connectivity index (χ1v) is 7.45. The van der Waals surface area contributed by atoms with Gasteiger partial charge in [0.15, 0.2) is 5.17 Å². The molecule has 2 aromatic rings. The van der Waals surface area contributed by atoms with E-state index in [1.807, 2.05) is 0 Å². The van der Waals surface area contributed by atoms with Crippen molar-refractivity contribution in [3.05, 3.63) is 51.0 Å². The summed E-state index contributed by atoms with van der Waals surface area (Å²) in [6.07, 6.45) is 1.60. The van der Waals surface area contributed by atoms with E-state index in [-0.39, 0.29) is 11.1 Å². The predicted octanol–water partition coefficient (Wildman–Crippen LogP) is 4.39. The Morgan fingerprint density at radius 2 is 2.00 bits per heavy atom. The molecule has 0 bridgehead atoms. The Balaban J connectivity index is 1.90. The van der Waals surface area contributed by atoms with Gasteiger partial charge in [0.2, 0.25) is 0 Å². The van der Waals surface area contributed by atoms with Crippen LogP contribution in [0.2, 0.25) is 10.0 Å². The molecule has 0 unspecified atom stereocenters. The largest absolute Gasteiger partial charge is 0.457 e. The van der Waals surface area contributed by atoms with E-state index in [0.717, 1.165) is 17.3 Å². The maximum Gasteiger partial charge on any atom is 0.264 e. The van der Waals surface area contributed by atoms with Crippen LogP contribution in [-0.2, 0) is 4.79 Å². The predicted molar refractivity (Wildman–Crippen MR) is 85.6 cm³/mol. The van der Waals surface area contributed by atoms with Gasteiger partial charge in [-0.15, -0.1) is 0 Å². The molecule has 7 heteroatoms. The van der Waals surface area contributed by atoms with E-state index >= 15 is 0 Å². The number of hydrogen-bond acceptors (Lipinski definition) is 4. The monoisotopic (exact) mass is 338 g/mol. The Hall–Kier alpha value is -1.69. The lowest BCUT2D eigenvalue weighted by Gasteiger charge is -1.99. The molecule has 1 aromatic carbocycles. The molecule has 0 aliphatic carbocycles. The Bertz CT molecular complexity index is 783. The quantitative estimate of drug-likeness (QED) is 0.798. The standard InChI is InChI=1S/C14H8Cl2N2O2S/c15-9-3-1-7(5-10(9)16)11-4-2-8(20-11)6-12-13(19)18-14(17)21-12/h1-6H,(H2,17,18,19)/b12-6+. The average Bonchev–Trinajstić information content (AvgIpc) is 3.01. The van der Waals surface area contributed by atoms with Crippen molar-refractivity contribution in [2.24, 2.45) is 0 Å². The molecule has 1 saturated heterocycles. The molecular weight excluding hydrogens is 331 g/mol. The van der Waals surface area contributed by atoms with Crippen molar-refractivity contribution in [2.75, 3.05) is 0 Å². The van der Waals surface area contributed by atoms with Crippen LogP contribution in [0.1, 0.15) is 5.76 Å². The van der Waals surface area contributed by atoms with Crippen LogP contribution in [0.5, 0.6) is 0 Å². The van der Waals surface area contributed by atoms with Crippen molar-refractivity contribution < 1.29 is 9.21 Å².